The summed E-state index contributed by atoms with van der Waals surface area (Å²) < 4.78 is 5.92. The van der Waals surface area contributed by atoms with Crippen LogP contribution in [0.3, 0.4) is 0 Å². The Labute approximate surface area is 151 Å². The number of esters is 1. The predicted octanol–water partition coefficient (Wildman–Crippen LogP) is 1.11. The Balaban J connectivity index is 1.62. The summed E-state index contributed by atoms with van der Waals surface area (Å²) in [7, 11) is 0. The number of rotatable bonds is 7. The maximum absolute atomic E-state index is 11.6. The fourth-order valence-corrected chi connectivity index (χ4v) is 2.60. The zero-order chi connectivity index (χ0) is 18.8. The number of hydrogen-bond donors (Lipinski definition) is 2. The zero-order valence-corrected chi connectivity index (χ0v) is 14.5. The van der Waals surface area contributed by atoms with Gasteiger partial charge in [0, 0.05) is 18.8 Å². The molecule has 0 aliphatic heterocycles. The zero-order valence-electron chi connectivity index (χ0n) is 14.5. The monoisotopic (exact) mass is 361 g/mol. The van der Waals surface area contributed by atoms with E-state index in [1.807, 2.05) is 0 Å². The lowest BCUT2D eigenvalue weighted by Crippen LogP contribution is -2.42. The topological polar surface area (TPSA) is 106 Å². The van der Waals surface area contributed by atoms with Crippen molar-refractivity contribution in [1.29, 1.82) is 0 Å². The van der Waals surface area contributed by atoms with Crippen LogP contribution in [-0.2, 0) is 20.9 Å². The summed E-state index contributed by atoms with van der Waals surface area (Å²) in [5.74, 6) is -1.47. The number of imide groups is 1. The van der Waals surface area contributed by atoms with E-state index in [0.29, 0.717) is 6.54 Å². The molecule has 0 spiro atoms. The lowest BCUT2D eigenvalue weighted by atomic mass is 9.97. The molecule has 1 aliphatic carbocycles. The Kier molecular flexibility index (Phi) is 7.60. The Morgan fingerprint density at radius 1 is 1.19 bits per heavy atom. The van der Waals surface area contributed by atoms with Crippen LogP contribution in [-0.4, -0.2) is 35.6 Å². The summed E-state index contributed by atoms with van der Waals surface area (Å²) in [5.41, 5.74) is 0.981. The number of nitrogens with zero attached hydrogens (tertiary/aromatic N) is 1. The molecule has 0 saturated carbocycles. The highest BCUT2D eigenvalue weighted by atomic mass is 16.5. The molecule has 8 nitrogen and oxygen atoms in total. The van der Waals surface area contributed by atoms with Gasteiger partial charge in [-0.15, -0.1) is 0 Å². The number of carbonyl (C=O) groups excluding carboxylic acids is 3. The highest BCUT2D eigenvalue weighted by molar-refractivity contribution is 5.95. The number of ether oxygens (including phenoxy) is 1. The number of urea groups is 1. The fraction of sp³-hybridized carbons (Fsp3) is 0.444. The molecule has 3 amide bonds. The van der Waals surface area contributed by atoms with E-state index >= 15 is 0 Å². The summed E-state index contributed by atoms with van der Waals surface area (Å²) in [6.45, 7) is -0.436. The third-order valence-electron chi connectivity index (χ3n) is 3.93. The van der Waals surface area contributed by atoms with Crippen molar-refractivity contribution in [3.63, 3.8) is 0 Å². The van der Waals surface area contributed by atoms with Crippen LogP contribution >= 0.6 is 0 Å². The summed E-state index contributed by atoms with van der Waals surface area (Å²) in [6, 6.07) is 3.85. The van der Waals surface area contributed by atoms with Crippen LogP contribution in [0.15, 0.2) is 40.8 Å². The number of allylic oxidation sites excluding steroid dienone is 1. The Morgan fingerprint density at radius 2 is 2.04 bits per heavy atom. The molecule has 2 N–H and O–H groups in total. The van der Waals surface area contributed by atoms with Crippen molar-refractivity contribution in [2.75, 3.05) is 13.2 Å². The number of nitrogens with one attached hydrogen (secondary N) is 2. The molecule has 8 heteroatoms. The first-order valence-electron chi connectivity index (χ1n) is 8.61. The van der Waals surface area contributed by atoms with Crippen molar-refractivity contribution in [2.45, 2.75) is 38.6 Å². The third kappa shape index (κ3) is 6.92. The van der Waals surface area contributed by atoms with Crippen LogP contribution in [0.1, 0.15) is 32.1 Å². The molecule has 1 aromatic rings. The van der Waals surface area contributed by atoms with Gasteiger partial charge < -0.3 is 14.6 Å². The third-order valence-corrected chi connectivity index (χ3v) is 3.93. The molecule has 1 heterocycles. The van der Waals surface area contributed by atoms with E-state index in [0.717, 1.165) is 23.8 Å². The molecule has 140 valence electrons. The second-order valence-electron chi connectivity index (χ2n) is 5.99. The highest BCUT2D eigenvalue weighted by Crippen LogP contribution is 2.19. The van der Waals surface area contributed by atoms with Gasteiger partial charge >= 0.3 is 12.0 Å². The minimum Gasteiger partial charge on any atom is -0.454 e. The first-order valence-corrected chi connectivity index (χ1v) is 8.61. The highest BCUT2D eigenvalue weighted by Gasteiger charge is 2.12. The second-order valence-corrected chi connectivity index (χ2v) is 5.99. The van der Waals surface area contributed by atoms with Crippen molar-refractivity contribution < 1.29 is 19.1 Å². The molecule has 0 aromatic carbocycles. The van der Waals surface area contributed by atoms with Crippen molar-refractivity contribution in [1.82, 2.24) is 15.2 Å². The van der Waals surface area contributed by atoms with Gasteiger partial charge in [0.1, 0.15) is 6.54 Å². The molecule has 1 aromatic heterocycles. The van der Waals surface area contributed by atoms with Crippen LogP contribution < -0.4 is 16.2 Å². The smallest absolute Gasteiger partial charge is 0.326 e. The van der Waals surface area contributed by atoms with E-state index in [-0.39, 0.29) is 12.1 Å². The van der Waals surface area contributed by atoms with Gasteiger partial charge in [0.25, 0.3) is 11.5 Å². The number of aromatic nitrogens is 1. The summed E-state index contributed by atoms with van der Waals surface area (Å²) in [4.78, 5) is 46.3. The molecule has 0 fully saturated rings. The largest absolute Gasteiger partial charge is 0.454 e. The van der Waals surface area contributed by atoms with Crippen molar-refractivity contribution in [3.8, 4) is 0 Å². The van der Waals surface area contributed by atoms with Crippen LogP contribution in [0.2, 0.25) is 0 Å². The van der Waals surface area contributed by atoms with Crippen LogP contribution in [0.4, 0.5) is 4.79 Å². The van der Waals surface area contributed by atoms with Crippen LogP contribution in [0.5, 0.6) is 0 Å². The molecule has 0 unspecified atom stereocenters. The average Bonchev–Trinajstić information content (AvgIpc) is 2.63. The second kappa shape index (κ2) is 10.2. The van der Waals surface area contributed by atoms with E-state index < -0.39 is 24.5 Å². The molecule has 0 bridgehead atoms. The van der Waals surface area contributed by atoms with Crippen molar-refractivity contribution in [2.24, 2.45) is 0 Å². The molecule has 0 saturated heterocycles. The maximum Gasteiger partial charge on any atom is 0.326 e. The van der Waals surface area contributed by atoms with Gasteiger partial charge in [-0.2, -0.15) is 0 Å². The summed E-state index contributed by atoms with van der Waals surface area (Å²) in [5, 5.41) is 4.69. The minimum atomic E-state index is -0.738. The van der Waals surface area contributed by atoms with Crippen LogP contribution in [0.25, 0.3) is 0 Å². The SMILES string of the molecule is O=C(COC(=O)Cn1ccccc1=O)NC(=O)NCCC1=CCCCC1. The molecule has 26 heavy (non-hydrogen) atoms. The van der Waals surface area contributed by atoms with Crippen LogP contribution in [0, 0.1) is 0 Å². The van der Waals surface area contributed by atoms with E-state index in [4.69, 9.17) is 4.74 Å². The predicted molar refractivity (Wildman–Crippen MR) is 94.4 cm³/mol. The normalized spacial score (nSPS) is 13.5. The maximum atomic E-state index is 11.6. The minimum absolute atomic E-state index is 0.297. The Bertz CT molecular complexity index is 738. The van der Waals surface area contributed by atoms with Gasteiger partial charge in [-0.05, 0) is 38.2 Å². The summed E-state index contributed by atoms with van der Waals surface area (Å²) in [6.07, 6.45) is 8.94. The van der Waals surface area contributed by atoms with Crippen molar-refractivity contribution >= 4 is 17.9 Å². The average molecular weight is 361 g/mol. The van der Waals surface area contributed by atoms with Gasteiger partial charge in [-0.1, -0.05) is 17.7 Å². The summed E-state index contributed by atoms with van der Waals surface area (Å²) >= 11 is 0. The quantitative estimate of drug-likeness (QED) is 0.559. The van der Waals surface area contributed by atoms with Gasteiger partial charge in [0.2, 0.25) is 0 Å². The fourth-order valence-electron chi connectivity index (χ4n) is 2.60. The lowest BCUT2D eigenvalue weighted by Gasteiger charge is -2.13. The standard InChI is InChI=1S/C18H23N3O5/c22-15(13-26-17(24)12-21-11-5-4-8-16(21)23)20-18(25)19-10-9-14-6-2-1-3-7-14/h4-6,8,11H,1-3,7,9-10,12-13H2,(H2,19,20,22,25). The van der Waals surface area contributed by atoms with Gasteiger partial charge in [0.15, 0.2) is 6.61 Å². The Hall–Kier alpha value is -2.90. The molecule has 2 rings (SSSR count). The molecule has 0 radical (unpaired) electrons. The van der Waals surface area contributed by atoms with E-state index in [2.05, 4.69) is 16.7 Å². The van der Waals surface area contributed by atoms with Gasteiger partial charge in [-0.25, -0.2) is 4.79 Å². The van der Waals surface area contributed by atoms with E-state index in [1.165, 1.54) is 30.7 Å². The Morgan fingerprint density at radius 3 is 2.77 bits per heavy atom. The number of carbonyl (C=O) groups is 3. The van der Waals surface area contributed by atoms with Gasteiger partial charge in [-0.3, -0.25) is 19.7 Å². The molecule has 1 aliphatic rings. The lowest BCUT2D eigenvalue weighted by molar-refractivity contribution is -0.148. The number of hydrogen-bond acceptors (Lipinski definition) is 5. The number of amides is 3. The van der Waals surface area contributed by atoms with Crippen molar-refractivity contribution in [3.05, 3.63) is 46.4 Å². The number of pyridine rings is 1. The van der Waals surface area contributed by atoms with Gasteiger partial charge in [0.05, 0.1) is 0 Å². The van der Waals surface area contributed by atoms with E-state index in [1.54, 1.807) is 12.1 Å². The van der Waals surface area contributed by atoms with E-state index in [9.17, 15) is 19.2 Å². The molecular formula is C18H23N3O5. The molecular weight excluding hydrogens is 338 g/mol. The first kappa shape index (κ1) is 19.4. The first-order chi connectivity index (χ1) is 12.5. The molecule has 0 atom stereocenters.